The normalized spacial score (nSPS) is 15.3. The molecule has 0 amide bonds. The van der Waals surface area contributed by atoms with E-state index in [0.717, 1.165) is 5.69 Å². The average molecular weight is 487 g/mol. The largest absolute Gasteiger partial charge is 0.454 e. The van der Waals surface area contributed by atoms with Gasteiger partial charge in [-0.05, 0) is 49.4 Å². The van der Waals surface area contributed by atoms with Crippen LogP contribution in [0.15, 0.2) is 64.7 Å². The van der Waals surface area contributed by atoms with Gasteiger partial charge < -0.3 is 15.4 Å². The number of halogens is 1. The van der Waals surface area contributed by atoms with Crippen molar-refractivity contribution in [3.05, 3.63) is 71.2 Å². The van der Waals surface area contributed by atoms with E-state index in [9.17, 15) is 22.4 Å². The van der Waals surface area contributed by atoms with Crippen LogP contribution in [0.25, 0.3) is 0 Å². The number of nitrogens with two attached hydrogens (primary N) is 1. The first-order valence-corrected chi connectivity index (χ1v) is 11.7. The van der Waals surface area contributed by atoms with Gasteiger partial charge in [0, 0.05) is 37.6 Å². The Morgan fingerprint density at radius 2 is 1.76 bits per heavy atom. The summed E-state index contributed by atoms with van der Waals surface area (Å²) in [6, 6.07) is 13.0. The van der Waals surface area contributed by atoms with Crippen LogP contribution in [-0.2, 0) is 19.6 Å². The summed E-state index contributed by atoms with van der Waals surface area (Å²) >= 11 is 0. The van der Waals surface area contributed by atoms with Crippen molar-refractivity contribution < 1.29 is 27.1 Å². The van der Waals surface area contributed by atoms with E-state index in [1.165, 1.54) is 47.6 Å². The van der Waals surface area contributed by atoms with Gasteiger partial charge in [-0.15, -0.1) is 0 Å². The number of esters is 1. The Hall–Kier alpha value is -3.75. The lowest BCUT2D eigenvalue weighted by Gasteiger charge is -2.35. The zero-order chi connectivity index (χ0) is 24.9. The molecule has 2 aromatic carbocycles. The Morgan fingerprint density at radius 1 is 1.12 bits per heavy atom. The van der Waals surface area contributed by atoms with Gasteiger partial charge in [0.1, 0.15) is 17.5 Å². The molecule has 1 heterocycles. The number of carbonyl (C=O) groups is 2. The first kappa shape index (κ1) is 24.9. The fraction of sp³-hybridized carbons (Fsp3) is 0.261. The molecule has 0 saturated carbocycles. The van der Waals surface area contributed by atoms with Crippen LogP contribution in [0.1, 0.15) is 17.3 Å². The van der Waals surface area contributed by atoms with Gasteiger partial charge in [-0.1, -0.05) is 6.07 Å². The van der Waals surface area contributed by atoms with Gasteiger partial charge in [0.2, 0.25) is 15.8 Å². The van der Waals surface area contributed by atoms with Crippen molar-refractivity contribution in [2.75, 3.05) is 37.7 Å². The van der Waals surface area contributed by atoms with Gasteiger partial charge in [-0.25, -0.2) is 17.6 Å². The van der Waals surface area contributed by atoms with Gasteiger partial charge in [0.05, 0.1) is 10.5 Å². The number of ether oxygens (including phenoxy) is 1. The van der Waals surface area contributed by atoms with Gasteiger partial charge in [0.25, 0.3) is 0 Å². The molecule has 1 aliphatic rings. The zero-order valence-corrected chi connectivity index (χ0v) is 19.2. The summed E-state index contributed by atoms with van der Waals surface area (Å²) in [6.07, 6.45) is 0. The highest BCUT2D eigenvalue weighted by Crippen LogP contribution is 2.22. The van der Waals surface area contributed by atoms with Crippen LogP contribution in [0.4, 0.5) is 10.1 Å². The third-order valence-electron chi connectivity index (χ3n) is 5.26. The number of carbonyl (C=O) groups excluding carboxylic acids is 2. The van der Waals surface area contributed by atoms with Crippen molar-refractivity contribution in [3.8, 4) is 6.07 Å². The maximum atomic E-state index is 13.1. The summed E-state index contributed by atoms with van der Waals surface area (Å²) in [5.74, 6) is -2.00. The molecule has 0 unspecified atom stereocenters. The number of rotatable bonds is 7. The van der Waals surface area contributed by atoms with E-state index in [-0.39, 0.29) is 40.6 Å². The molecule has 1 saturated heterocycles. The van der Waals surface area contributed by atoms with E-state index in [1.807, 2.05) is 4.90 Å². The average Bonchev–Trinajstić information content (AvgIpc) is 2.83. The molecule has 1 aliphatic heterocycles. The predicted molar refractivity (Wildman–Crippen MR) is 122 cm³/mol. The molecule has 0 spiro atoms. The van der Waals surface area contributed by atoms with Crippen LogP contribution in [-0.4, -0.2) is 57.3 Å². The topological polar surface area (TPSA) is 134 Å². The molecule has 2 aromatic rings. The van der Waals surface area contributed by atoms with Crippen LogP contribution in [0, 0.1) is 17.1 Å². The number of allylic oxidation sites excluding steroid dienone is 1. The number of anilines is 1. The molecule has 9 nitrogen and oxygen atoms in total. The summed E-state index contributed by atoms with van der Waals surface area (Å²) in [4.78, 5) is 26.2. The van der Waals surface area contributed by atoms with Crippen molar-refractivity contribution in [1.29, 1.82) is 5.26 Å². The molecular formula is C23H23FN4O5S. The van der Waals surface area contributed by atoms with Crippen molar-refractivity contribution in [2.24, 2.45) is 5.73 Å². The fourth-order valence-electron chi connectivity index (χ4n) is 3.43. The second kappa shape index (κ2) is 10.5. The lowest BCUT2D eigenvalue weighted by atomic mass is 10.1. The smallest absolute Gasteiger partial charge is 0.338 e. The molecule has 1 fully saturated rings. The monoisotopic (exact) mass is 486 g/mol. The van der Waals surface area contributed by atoms with Crippen LogP contribution in [0.5, 0.6) is 0 Å². The van der Waals surface area contributed by atoms with Gasteiger partial charge in [-0.3, -0.25) is 4.79 Å². The molecule has 0 aromatic heterocycles. The molecule has 0 bridgehead atoms. The Bertz CT molecular complexity index is 1260. The summed E-state index contributed by atoms with van der Waals surface area (Å²) in [5.41, 5.74) is 5.92. The van der Waals surface area contributed by atoms with E-state index in [4.69, 9.17) is 15.7 Å². The summed E-state index contributed by atoms with van der Waals surface area (Å²) < 4.78 is 45.6. The van der Waals surface area contributed by atoms with E-state index in [0.29, 0.717) is 13.1 Å². The standard InChI is InChI=1S/C23H23FN4O5S/c1-16(26)21(14-25)22(29)15-33-23(30)17-3-2-4-20(13-17)34(31,32)28-11-9-27(10-12-28)19-7-5-18(24)6-8-19/h2-8,13H,9-12,15,26H2,1H3/b21-16-. The minimum absolute atomic E-state index is 0.0103. The highest BCUT2D eigenvalue weighted by molar-refractivity contribution is 7.89. The molecular weight excluding hydrogens is 463 g/mol. The number of sulfonamides is 1. The molecule has 2 N–H and O–H groups in total. The van der Waals surface area contributed by atoms with E-state index in [2.05, 4.69) is 0 Å². The van der Waals surface area contributed by atoms with Crippen molar-refractivity contribution in [3.63, 3.8) is 0 Å². The van der Waals surface area contributed by atoms with Gasteiger partial charge in [-0.2, -0.15) is 9.57 Å². The molecule has 178 valence electrons. The quantitative estimate of drug-likeness (QED) is 0.356. The number of Topliss-reactive ketones (excluding diaryl/α,β-unsaturated/α-hetero) is 1. The highest BCUT2D eigenvalue weighted by Gasteiger charge is 2.29. The summed E-state index contributed by atoms with van der Waals surface area (Å²) in [6.45, 7) is 1.95. The SMILES string of the molecule is C/C(N)=C(\C#N)C(=O)COC(=O)c1cccc(S(=O)(=O)N2CCN(c3ccc(F)cc3)CC2)c1. The minimum atomic E-state index is -3.89. The number of ketones is 1. The maximum absolute atomic E-state index is 13.1. The van der Waals surface area contributed by atoms with Crippen molar-refractivity contribution >= 4 is 27.5 Å². The summed E-state index contributed by atoms with van der Waals surface area (Å²) in [7, 11) is -3.89. The van der Waals surface area contributed by atoms with E-state index in [1.54, 1.807) is 18.2 Å². The number of benzene rings is 2. The Balaban J connectivity index is 1.67. The number of nitrogens with zero attached hydrogens (tertiary/aromatic N) is 3. The third kappa shape index (κ3) is 5.59. The van der Waals surface area contributed by atoms with Gasteiger partial charge in [0.15, 0.2) is 6.61 Å². The number of hydrogen-bond acceptors (Lipinski definition) is 8. The highest BCUT2D eigenvalue weighted by atomic mass is 32.2. The number of piperazine rings is 1. The number of nitriles is 1. The second-order valence-corrected chi connectivity index (χ2v) is 9.50. The minimum Gasteiger partial charge on any atom is -0.454 e. The number of hydrogen-bond donors (Lipinski definition) is 1. The zero-order valence-electron chi connectivity index (χ0n) is 18.4. The predicted octanol–water partition coefficient (Wildman–Crippen LogP) is 1.82. The lowest BCUT2D eigenvalue weighted by Crippen LogP contribution is -2.48. The fourth-order valence-corrected chi connectivity index (χ4v) is 4.90. The van der Waals surface area contributed by atoms with E-state index >= 15 is 0 Å². The third-order valence-corrected chi connectivity index (χ3v) is 7.15. The van der Waals surface area contributed by atoms with Crippen molar-refractivity contribution in [1.82, 2.24) is 4.31 Å². The molecule has 0 aliphatic carbocycles. The summed E-state index contributed by atoms with van der Waals surface area (Å²) in [5, 5.41) is 8.95. The Labute approximate surface area is 196 Å². The second-order valence-electron chi connectivity index (χ2n) is 7.56. The Morgan fingerprint density at radius 3 is 2.35 bits per heavy atom. The van der Waals surface area contributed by atoms with Crippen LogP contribution < -0.4 is 10.6 Å². The first-order valence-electron chi connectivity index (χ1n) is 10.3. The van der Waals surface area contributed by atoms with Crippen LogP contribution in [0.3, 0.4) is 0 Å². The van der Waals surface area contributed by atoms with Gasteiger partial charge >= 0.3 is 5.97 Å². The molecule has 0 radical (unpaired) electrons. The maximum Gasteiger partial charge on any atom is 0.338 e. The molecule has 11 heteroatoms. The first-order chi connectivity index (χ1) is 16.1. The Kier molecular flexibility index (Phi) is 7.65. The van der Waals surface area contributed by atoms with Crippen LogP contribution >= 0.6 is 0 Å². The molecule has 34 heavy (non-hydrogen) atoms. The molecule has 0 atom stereocenters. The van der Waals surface area contributed by atoms with Crippen LogP contribution in [0.2, 0.25) is 0 Å². The van der Waals surface area contributed by atoms with Crippen molar-refractivity contribution in [2.45, 2.75) is 11.8 Å². The van der Waals surface area contributed by atoms with E-state index < -0.39 is 28.4 Å². The lowest BCUT2D eigenvalue weighted by molar-refractivity contribution is -0.118. The molecule has 3 rings (SSSR count).